The summed E-state index contributed by atoms with van der Waals surface area (Å²) in [5.74, 6) is -0.314. The van der Waals surface area contributed by atoms with Crippen molar-refractivity contribution in [3.63, 3.8) is 0 Å². The van der Waals surface area contributed by atoms with E-state index >= 15 is 0 Å². The van der Waals surface area contributed by atoms with Crippen molar-refractivity contribution in [2.24, 2.45) is 5.10 Å². The first-order valence-corrected chi connectivity index (χ1v) is 8.79. The molecule has 28 heavy (non-hydrogen) atoms. The molecule has 6 heteroatoms. The van der Waals surface area contributed by atoms with Gasteiger partial charge in [-0.3, -0.25) is 14.8 Å². The molecule has 0 saturated carbocycles. The minimum Gasteiger partial charge on any atom is -0.267 e. The number of pyridine rings is 3. The van der Waals surface area contributed by atoms with Gasteiger partial charge in [-0.05, 0) is 43.3 Å². The largest absolute Gasteiger partial charge is 0.272 e. The van der Waals surface area contributed by atoms with E-state index in [1.165, 1.54) is 0 Å². The van der Waals surface area contributed by atoms with Crippen LogP contribution in [0.3, 0.4) is 0 Å². The Labute approximate surface area is 162 Å². The molecule has 136 valence electrons. The maximum absolute atomic E-state index is 12.9. The summed E-state index contributed by atoms with van der Waals surface area (Å²) in [4.78, 5) is 26.1. The summed E-state index contributed by atoms with van der Waals surface area (Å²) in [6.45, 7) is 1.80. The van der Waals surface area contributed by atoms with Gasteiger partial charge in [0.25, 0.3) is 5.91 Å². The van der Waals surface area contributed by atoms with Crippen molar-refractivity contribution in [1.82, 2.24) is 20.4 Å². The second kappa shape index (κ2) is 7.75. The number of carbonyl (C=O) groups is 1. The van der Waals surface area contributed by atoms with Gasteiger partial charge in [0.05, 0.1) is 33.9 Å². The lowest BCUT2D eigenvalue weighted by Gasteiger charge is -2.09. The first kappa shape index (κ1) is 17.5. The van der Waals surface area contributed by atoms with Crippen LogP contribution in [0, 0.1) is 0 Å². The predicted octanol–water partition coefficient (Wildman–Crippen LogP) is 3.85. The van der Waals surface area contributed by atoms with E-state index in [0.717, 1.165) is 10.9 Å². The molecule has 0 bridgehead atoms. The number of hydrogen-bond donors (Lipinski definition) is 1. The molecule has 0 spiro atoms. The van der Waals surface area contributed by atoms with Gasteiger partial charge in [0.2, 0.25) is 0 Å². The van der Waals surface area contributed by atoms with Crippen LogP contribution >= 0.6 is 0 Å². The zero-order valence-electron chi connectivity index (χ0n) is 15.2. The fourth-order valence-corrected chi connectivity index (χ4v) is 2.84. The lowest BCUT2D eigenvalue weighted by molar-refractivity contribution is 0.0956. The quantitative estimate of drug-likeness (QED) is 0.439. The number of nitrogens with one attached hydrogen (secondary N) is 1. The molecule has 3 heterocycles. The first-order chi connectivity index (χ1) is 13.7. The van der Waals surface area contributed by atoms with Crippen molar-refractivity contribution in [2.75, 3.05) is 0 Å². The van der Waals surface area contributed by atoms with Crippen LogP contribution in [0.4, 0.5) is 0 Å². The zero-order valence-corrected chi connectivity index (χ0v) is 15.2. The van der Waals surface area contributed by atoms with Crippen molar-refractivity contribution in [3.8, 4) is 11.4 Å². The number of para-hydroxylation sites is 1. The summed E-state index contributed by atoms with van der Waals surface area (Å²) in [7, 11) is 0. The van der Waals surface area contributed by atoms with Gasteiger partial charge in [-0.15, -0.1) is 0 Å². The molecule has 0 atom stereocenters. The Morgan fingerprint density at radius 3 is 2.39 bits per heavy atom. The highest BCUT2D eigenvalue weighted by Crippen LogP contribution is 2.23. The van der Waals surface area contributed by atoms with Gasteiger partial charge in [0, 0.05) is 17.8 Å². The molecular formula is C22H17N5O. The number of hydrogen-bond acceptors (Lipinski definition) is 5. The van der Waals surface area contributed by atoms with Crippen molar-refractivity contribution in [2.45, 2.75) is 6.92 Å². The summed E-state index contributed by atoms with van der Waals surface area (Å²) < 4.78 is 0. The first-order valence-electron chi connectivity index (χ1n) is 8.79. The molecule has 0 aliphatic heterocycles. The molecule has 0 radical (unpaired) electrons. The monoisotopic (exact) mass is 367 g/mol. The van der Waals surface area contributed by atoms with Gasteiger partial charge < -0.3 is 0 Å². The number of amides is 1. The van der Waals surface area contributed by atoms with Crippen LogP contribution in [0.25, 0.3) is 22.3 Å². The molecule has 0 saturated heterocycles. The van der Waals surface area contributed by atoms with E-state index in [0.29, 0.717) is 28.4 Å². The van der Waals surface area contributed by atoms with Crippen molar-refractivity contribution >= 4 is 22.5 Å². The maximum Gasteiger partial charge on any atom is 0.272 e. The molecule has 0 unspecified atom stereocenters. The number of rotatable bonds is 4. The molecule has 3 aromatic heterocycles. The molecule has 0 aliphatic carbocycles. The van der Waals surface area contributed by atoms with Gasteiger partial charge in [-0.1, -0.05) is 30.3 Å². The highest BCUT2D eigenvalue weighted by atomic mass is 16.2. The smallest absolute Gasteiger partial charge is 0.267 e. The normalized spacial score (nSPS) is 11.4. The summed E-state index contributed by atoms with van der Waals surface area (Å²) in [6.07, 6.45) is 3.39. The van der Waals surface area contributed by atoms with Gasteiger partial charge >= 0.3 is 0 Å². The molecule has 0 fully saturated rings. The van der Waals surface area contributed by atoms with Gasteiger partial charge in [-0.25, -0.2) is 10.4 Å². The third-order valence-corrected chi connectivity index (χ3v) is 4.25. The molecule has 4 aromatic rings. The van der Waals surface area contributed by atoms with E-state index in [1.54, 1.807) is 25.4 Å². The Hall–Kier alpha value is -3.93. The van der Waals surface area contributed by atoms with Gasteiger partial charge in [0.15, 0.2) is 0 Å². The molecule has 1 amide bonds. The van der Waals surface area contributed by atoms with Crippen LogP contribution in [0.1, 0.15) is 23.0 Å². The fraction of sp³-hybridized carbons (Fsp3) is 0.0455. The second-order valence-electron chi connectivity index (χ2n) is 6.14. The van der Waals surface area contributed by atoms with Crippen LogP contribution in [-0.2, 0) is 0 Å². The number of hydrazone groups is 1. The Kier molecular flexibility index (Phi) is 4.84. The number of nitrogens with zero attached hydrogens (tertiary/aromatic N) is 4. The summed E-state index contributed by atoms with van der Waals surface area (Å²) >= 11 is 0. The Balaban J connectivity index is 1.72. The Morgan fingerprint density at radius 2 is 1.64 bits per heavy atom. The third kappa shape index (κ3) is 3.61. The van der Waals surface area contributed by atoms with Crippen LogP contribution in [0.5, 0.6) is 0 Å². The van der Waals surface area contributed by atoms with E-state index in [-0.39, 0.29) is 5.91 Å². The highest BCUT2D eigenvalue weighted by molar-refractivity contribution is 6.07. The molecule has 1 aromatic carbocycles. The summed E-state index contributed by atoms with van der Waals surface area (Å²) in [5.41, 5.74) is 6.51. The van der Waals surface area contributed by atoms with Gasteiger partial charge in [-0.2, -0.15) is 5.10 Å². The average molecular weight is 367 g/mol. The van der Waals surface area contributed by atoms with Crippen molar-refractivity contribution < 1.29 is 4.79 Å². The second-order valence-corrected chi connectivity index (χ2v) is 6.14. The zero-order chi connectivity index (χ0) is 19.3. The van der Waals surface area contributed by atoms with Crippen LogP contribution in [0.2, 0.25) is 0 Å². The third-order valence-electron chi connectivity index (χ3n) is 4.25. The van der Waals surface area contributed by atoms with Crippen LogP contribution < -0.4 is 5.43 Å². The topological polar surface area (TPSA) is 80.1 Å². The van der Waals surface area contributed by atoms with E-state index in [1.807, 2.05) is 60.7 Å². The minimum absolute atomic E-state index is 0.314. The van der Waals surface area contributed by atoms with E-state index in [4.69, 9.17) is 0 Å². The van der Waals surface area contributed by atoms with Gasteiger partial charge in [0.1, 0.15) is 0 Å². The molecule has 4 rings (SSSR count). The lowest BCUT2D eigenvalue weighted by atomic mass is 10.1. The molecule has 6 nitrogen and oxygen atoms in total. The van der Waals surface area contributed by atoms with Crippen LogP contribution in [-0.4, -0.2) is 26.6 Å². The molecule has 1 N–H and O–H groups in total. The minimum atomic E-state index is -0.314. The maximum atomic E-state index is 12.9. The van der Waals surface area contributed by atoms with E-state index < -0.39 is 0 Å². The molecular weight excluding hydrogens is 350 g/mol. The SMILES string of the molecule is C/C(=N/NC(=O)c1cc(-c2ccccn2)nc2ccccc12)c1ccccn1. The van der Waals surface area contributed by atoms with Crippen LogP contribution in [0.15, 0.2) is 84.2 Å². The van der Waals surface area contributed by atoms with Crippen molar-refractivity contribution in [1.29, 1.82) is 0 Å². The number of aromatic nitrogens is 3. The number of fused-ring (bicyclic) bond motifs is 1. The van der Waals surface area contributed by atoms with Crippen molar-refractivity contribution in [3.05, 3.63) is 90.4 Å². The lowest BCUT2D eigenvalue weighted by Crippen LogP contribution is -2.20. The summed E-state index contributed by atoms with van der Waals surface area (Å²) in [6, 6.07) is 20.4. The fourth-order valence-electron chi connectivity index (χ4n) is 2.84. The van der Waals surface area contributed by atoms with E-state index in [2.05, 4.69) is 25.5 Å². The summed E-state index contributed by atoms with van der Waals surface area (Å²) in [5, 5.41) is 4.95. The molecule has 0 aliphatic rings. The number of carbonyl (C=O) groups excluding carboxylic acids is 1. The standard InChI is InChI=1S/C22H17N5O/c1-15(18-9-4-6-12-23-18)26-27-22(28)17-14-21(20-11-5-7-13-24-20)25-19-10-3-2-8-16(17)19/h2-14H,1H3,(H,27,28)/b26-15-. The predicted molar refractivity (Wildman–Crippen MR) is 109 cm³/mol. The Bertz CT molecular complexity index is 1160. The average Bonchev–Trinajstić information content (AvgIpc) is 2.77. The number of benzene rings is 1. The van der Waals surface area contributed by atoms with E-state index in [9.17, 15) is 4.79 Å². The highest BCUT2D eigenvalue weighted by Gasteiger charge is 2.14. The Morgan fingerprint density at radius 1 is 0.893 bits per heavy atom.